The Morgan fingerprint density at radius 3 is 1.06 bits per heavy atom. The molecule has 0 bridgehead atoms. The summed E-state index contributed by atoms with van der Waals surface area (Å²) in [6.07, 6.45) is 0. The van der Waals surface area contributed by atoms with Gasteiger partial charge < -0.3 is 5.11 Å². The van der Waals surface area contributed by atoms with Gasteiger partial charge in [-0.15, -0.1) is 0 Å². The standard InChI is InChI=1S/C32H40O2/c1-19(2)25-13-26(20(3)4)16-29(15-25)31(23-9-11-24(12-10-23)32(33)34)30-17-27(21(5)6)14-28(18-30)22(7)8/h9-22,31H,1-8H3,(H,33,34). The second kappa shape index (κ2) is 10.6. The highest BCUT2D eigenvalue weighted by atomic mass is 16.4. The molecule has 0 spiro atoms. The molecule has 0 saturated carbocycles. The molecule has 0 aliphatic rings. The fourth-order valence-corrected chi connectivity index (χ4v) is 4.47. The van der Waals surface area contributed by atoms with Crippen molar-refractivity contribution in [1.82, 2.24) is 0 Å². The van der Waals surface area contributed by atoms with E-state index in [9.17, 15) is 9.90 Å². The molecule has 2 heteroatoms. The Kier molecular flexibility index (Phi) is 8.02. The van der Waals surface area contributed by atoms with E-state index in [-0.39, 0.29) is 5.92 Å². The molecular formula is C32H40O2. The molecule has 2 nitrogen and oxygen atoms in total. The lowest BCUT2D eigenvalue weighted by Gasteiger charge is -2.25. The van der Waals surface area contributed by atoms with Crippen LogP contribution < -0.4 is 0 Å². The van der Waals surface area contributed by atoms with E-state index in [4.69, 9.17) is 0 Å². The maximum atomic E-state index is 11.5. The fourth-order valence-electron chi connectivity index (χ4n) is 4.47. The zero-order chi connectivity index (χ0) is 25.2. The van der Waals surface area contributed by atoms with Crippen LogP contribution in [0, 0.1) is 0 Å². The zero-order valence-corrected chi connectivity index (χ0v) is 22.0. The van der Waals surface area contributed by atoms with Crippen molar-refractivity contribution in [3.05, 3.63) is 105 Å². The van der Waals surface area contributed by atoms with Crippen LogP contribution in [-0.2, 0) is 0 Å². The number of carboxylic acids is 1. The molecule has 0 atom stereocenters. The predicted molar refractivity (Wildman–Crippen MR) is 144 cm³/mol. The molecule has 0 aliphatic carbocycles. The first-order valence-electron chi connectivity index (χ1n) is 12.6. The lowest BCUT2D eigenvalue weighted by molar-refractivity contribution is 0.0697. The molecule has 3 aromatic rings. The number of carboxylic acid groups (broad SMARTS) is 1. The van der Waals surface area contributed by atoms with Crippen molar-refractivity contribution in [2.24, 2.45) is 0 Å². The van der Waals surface area contributed by atoms with Crippen molar-refractivity contribution in [2.75, 3.05) is 0 Å². The highest BCUT2D eigenvalue weighted by Crippen LogP contribution is 2.38. The summed E-state index contributed by atoms with van der Waals surface area (Å²) in [5.41, 5.74) is 9.36. The minimum atomic E-state index is -0.893. The number of hydrogen-bond acceptors (Lipinski definition) is 1. The van der Waals surface area contributed by atoms with E-state index in [0.29, 0.717) is 29.2 Å². The molecule has 0 aliphatic heterocycles. The molecule has 34 heavy (non-hydrogen) atoms. The summed E-state index contributed by atoms with van der Waals surface area (Å²) in [5.74, 6) is 0.869. The Morgan fingerprint density at radius 1 is 0.500 bits per heavy atom. The van der Waals surface area contributed by atoms with Gasteiger partial charge in [0, 0.05) is 5.92 Å². The van der Waals surface area contributed by atoms with Crippen molar-refractivity contribution in [2.45, 2.75) is 85.0 Å². The monoisotopic (exact) mass is 456 g/mol. The van der Waals surface area contributed by atoms with E-state index in [2.05, 4.69) is 91.8 Å². The number of benzene rings is 3. The molecule has 3 aromatic carbocycles. The van der Waals surface area contributed by atoms with Crippen LogP contribution in [0.1, 0.15) is 134 Å². The molecule has 0 radical (unpaired) electrons. The smallest absolute Gasteiger partial charge is 0.335 e. The molecule has 0 fully saturated rings. The van der Waals surface area contributed by atoms with Crippen molar-refractivity contribution in [3.8, 4) is 0 Å². The summed E-state index contributed by atoms with van der Waals surface area (Å²) >= 11 is 0. The Hall–Kier alpha value is -2.87. The van der Waals surface area contributed by atoms with Crippen molar-refractivity contribution < 1.29 is 9.90 Å². The van der Waals surface area contributed by atoms with Gasteiger partial charge in [0.25, 0.3) is 0 Å². The first-order chi connectivity index (χ1) is 16.0. The van der Waals surface area contributed by atoms with E-state index < -0.39 is 5.97 Å². The third-order valence-electron chi connectivity index (χ3n) is 6.82. The molecule has 0 amide bonds. The molecule has 0 unspecified atom stereocenters. The summed E-state index contributed by atoms with van der Waals surface area (Å²) in [4.78, 5) is 11.5. The van der Waals surface area contributed by atoms with Crippen LogP contribution in [0.4, 0.5) is 0 Å². The number of rotatable bonds is 8. The first kappa shape index (κ1) is 25.7. The van der Waals surface area contributed by atoms with Gasteiger partial charge in [-0.1, -0.05) is 104 Å². The van der Waals surface area contributed by atoms with Crippen molar-refractivity contribution in [3.63, 3.8) is 0 Å². The predicted octanol–water partition coefficient (Wildman–Crippen LogP) is 9.06. The van der Waals surface area contributed by atoms with Crippen LogP contribution in [0.5, 0.6) is 0 Å². The molecule has 3 rings (SSSR count). The van der Waals surface area contributed by atoms with E-state index in [1.807, 2.05) is 12.1 Å². The van der Waals surface area contributed by atoms with Gasteiger partial charge >= 0.3 is 5.97 Å². The normalized spacial score (nSPS) is 11.9. The van der Waals surface area contributed by atoms with Gasteiger partial charge in [0.05, 0.1) is 5.56 Å². The minimum absolute atomic E-state index is 0.0373. The Labute approximate surface area is 206 Å². The average Bonchev–Trinajstić information content (AvgIpc) is 2.79. The molecule has 0 heterocycles. The number of hydrogen-bond donors (Lipinski definition) is 1. The van der Waals surface area contributed by atoms with Gasteiger partial charge in [-0.3, -0.25) is 0 Å². The minimum Gasteiger partial charge on any atom is -0.478 e. The highest BCUT2D eigenvalue weighted by Gasteiger charge is 2.22. The third kappa shape index (κ3) is 5.78. The summed E-state index contributed by atoms with van der Waals surface area (Å²) in [6.45, 7) is 18.0. The van der Waals surface area contributed by atoms with Gasteiger partial charge in [-0.25, -0.2) is 4.79 Å². The lowest BCUT2D eigenvalue weighted by atomic mass is 9.79. The maximum absolute atomic E-state index is 11.5. The second-order valence-corrected chi connectivity index (χ2v) is 10.8. The second-order valence-electron chi connectivity index (χ2n) is 10.8. The summed E-state index contributed by atoms with van der Waals surface area (Å²) in [5, 5.41) is 9.44. The molecule has 0 saturated heterocycles. The maximum Gasteiger partial charge on any atom is 0.335 e. The Morgan fingerprint density at radius 2 is 0.794 bits per heavy atom. The zero-order valence-electron chi connectivity index (χ0n) is 22.0. The molecule has 0 aromatic heterocycles. The fraction of sp³-hybridized carbons (Fsp3) is 0.406. The Balaban J connectivity index is 2.32. The Bertz CT molecular complexity index is 1020. The van der Waals surface area contributed by atoms with E-state index >= 15 is 0 Å². The summed E-state index contributed by atoms with van der Waals surface area (Å²) in [7, 11) is 0. The number of carbonyl (C=O) groups is 1. The van der Waals surface area contributed by atoms with Gasteiger partial charge in [0.2, 0.25) is 0 Å². The largest absolute Gasteiger partial charge is 0.478 e. The quantitative estimate of drug-likeness (QED) is 0.343. The lowest BCUT2D eigenvalue weighted by Crippen LogP contribution is -2.09. The van der Waals surface area contributed by atoms with Crippen LogP contribution >= 0.6 is 0 Å². The van der Waals surface area contributed by atoms with Gasteiger partial charge in [-0.05, 0) is 74.7 Å². The third-order valence-corrected chi connectivity index (χ3v) is 6.82. The number of aromatic carboxylic acids is 1. The van der Waals surface area contributed by atoms with Crippen LogP contribution in [0.15, 0.2) is 60.7 Å². The van der Waals surface area contributed by atoms with E-state index in [0.717, 1.165) is 5.56 Å². The van der Waals surface area contributed by atoms with Crippen molar-refractivity contribution >= 4 is 5.97 Å². The van der Waals surface area contributed by atoms with Gasteiger partial charge in [-0.2, -0.15) is 0 Å². The van der Waals surface area contributed by atoms with Gasteiger partial charge in [0.1, 0.15) is 0 Å². The van der Waals surface area contributed by atoms with Crippen LogP contribution in [0.3, 0.4) is 0 Å². The molecule has 180 valence electrons. The highest BCUT2D eigenvalue weighted by molar-refractivity contribution is 5.87. The average molecular weight is 457 g/mol. The molecular weight excluding hydrogens is 416 g/mol. The van der Waals surface area contributed by atoms with E-state index in [1.54, 1.807) is 12.1 Å². The van der Waals surface area contributed by atoms with Crippen molar-refractivity contribution in [1.29, 1.82) is 0 Å². The SMILES string of the molecule is CC(C)c1cc(C(C)C)cc(C(c2ccc(C(=O)O)cc2)c2cc(C(C)C)cc(C(C)C)c2)c1. The van der Waals surface area contributed by atoms with Crippen LogP contribution in [0.25, 0.3) is 0 Å². The van der Waals surface area contributed by atoms with Crippen LogP contribution in [0.2, 0.25) is 0 Å². The first-order valence-corrected chi connectivity index (χ1v) is 12.6. The van der Waals surface area contributed by atoms with E-state index in [1.165, 1.54) is 33.4 Å². The summed E-state index contributed by atoms with van der Waals surface area (Å²) < 4.78 is 0. The molecule has 1 N–H and O–H groups in total. The van der Waals surface area contributed by atoms with Crippen LogP contribution in [-0.4, -0.2) is 11.1 Å². The summed E-state index contributed by atoms with van der Waals surface area (Å²) in [6, 6.07) is 21.5. The topological polar surface area (TPSA) is 37.3 Å². The van der Waals surface area contributed by atoms with Gasteiger partial charge in [0.15, 0.2) is 0 Å².